The van der Waals surface area contributed by atoms with E-state index in [1.165, 1.54) is 0 Å². The lowest BCUT2D eigenvalue weighted by atomic mass is 9.99. The molecule has 0 saturated carbocycles. The Morgan fingerprint density at radius 3 is 1.77 bits per heavy atom. The maximum Gasteiger partial charge on any atom is 0.184 e. The molecule has 0 fully saturated rings. The minimum absolute atomic E-state index is 0.0893. The third kappa shape index (κ3) is 5.83. The van der Waals surface area contributed by atoms with Crippen LogP contribution in [-0.4, -0.2) is 13.9 Å². The number of rotatable bonds is 6. The summed E-state index contributed by atoms with van der Waals surface area (Å²) >= 11 is 0. The standard InChI is InChI=1S/C11H22OSi/c1-7-9-11(3,10-8-2)12-13(4,5)6/h7-8H,1-2,9-10H2,3-6H3. The predicted octanol–water partition coefficient (Wildman–Crippen LogP) is 3.75. The molecule has 0 N–H and O–H groups in total. The molecule has 0 rings (SSSR count). The summed E-state index contributed by atoms with van der Waals surface area (Å²) in [6.45, 7) is 16.3. The van der Waals surface area contributed by atoms with Crippen molar-refractivity contribution in [2.75, 3.05) is 0 Å². The number of hydrogen-bond acceptors (Lipinski definition) is 1. The van der Waals surface area contributed by atoms with Crippen LogP contribution in [0.2, 0.25) is 19.6 Å². The highest BCUT2D eigenvalue weighted by molar-refractivity contribution is 6.69. The highest BCUT2D eigenvalue weighted by Crippen LogP contribution is 2.25. The second kappa shape index (κ2) is 4.77. The van der Waals surface area contributed by atoms with Crippen LogP contribution in [0.25, 0.3) is 0 Å². The van der Waals surface area contributed by atoms with E-state index in [-0.39, 0.29) is 5.60 Å². The van der Waals surface area contributed by atoms with Crippen LogP contribution in [0.5, 0.6) is 0 Å². The summed E-state index contributed by atoms with van der Waals surface area (Å²) in [5, 5.41) is 0. The predicted molar refractivity (Wildman–Crippen MR) is 62.5 cm³/mol. The minimum Gasteiger partial charge on any atom is -0.412 e. The zero-order chi connectivity index (χ0) is 10.5. The average Bonchev–Trinajstić information content (AvgIpc) is 1.82. The van der Waals surface area contributed by atoms with Gasteiger partial charge >= 0.3 is 0 Å². The quantitative estimate of drug-likeness (QED) is 0.466. The molecular formula is C11H22OSi. The van der Waals surface area contributed by atoms with Gasteiger partial charge in [-0.15, -0.1) is 13.2 Å². The maximum atomic E-state index is 6.10. The topological polar surface area (TPSA) is 9.23 Å². The SMILES string of the molecule is C=CCC(C)(CC=C)O[Si](C)(C)C. The van der Waals surface area contributed by atoms with Crippen LogP contribution in [0.4, 0.5) is 0 Å². The van der Waals surface area contributed by atoms with Gasteiger partial charge in [-0.2, -0.15) is 0 Å². The van der Waals surface area contributed by atoms with Gasteiger partial charge in [0.25, 0.3) is 0 Å². The van der Waals surface area contributed by atoms with Gasteiger partial charge in [0.2, 0.25) is 0 Å². The summed E-state index contributed by atoms with van der Waals surface area (Å²) in [6, 6.07) is 0. The zero-order valence-corrected chi connectivity index (χ0v) is 10.4. The van der Waals surface area contributed by atoms with Crippen LogP contribution in [0.3, 0.4) is 0 Å². The van der Waals surface area contributed by atoms with E-state index in [0.717, 1.165) is 12.8 Å². The summed E-state index contributed by atoms with van der Waals surface area (Å²) < 4.78 is 6.10. The second-order valence-electron chi connectivity index (χ2n) is 4.65. The molecule has 0 amide bonds. The molecule has 0 aromatic heterocycles. The Bertz CT molecular complexity index is 169. The molecule has 0 aliphatic carbocycles. The van der Waals surface area contributed by atoms with Gasteiger partial charge in [-0.3, -0.25) is 0 Å². The lowest BCUT2D eigenvalue weighted by Crippen LogP contribution is -2.39. The Balaban J connectivity index is 4.39. The lowest BCUT2D eigenvalue weighted by molar-refractivity contribution is 0.0871. The third-order valence-corrected chi connectivity index (χ3v) is 2.81. The van der Waals surface area contributed by atoms with Crippen LogP contribution >= 0.6 is 0 Å². The molecule has 0 heterocycles. The summed E-state index contributed by atoms with van der Waals surface area (Å²) in [7, 11) is -1.46. The molecule has 0 aromatic carbocycles. The Labute approximate surface area is 83.6 Å². The Morgan fingerprint density at radius 1 is 1.15 bits per heavy atom. The molecule has 1 nitrogen and oxygen atoms in total. The summed E-state index contributed by atoms with van der Waals surface area (Å²) in [5.74, 6) is 0. The highest BCUT2D eigenvalue weighted by atomic mass is 28.4. The molecule has 0 atom stereocenters. The van der Waals surface area contributed by atoms with Crippen LogP contribution in [-0.2, 0) is 4.43 Å². The minimum atomic E-state index is -1.46. The highest BCUT2D eigenvalue weighted by Gasteiger charge is 2.29. The van der Waals surface area contributed by atoms with Crippen LogP contribution in [0.15, 0.2) is 25.3 Å². The molecule has 0 radical (unpaired) electrons. The fourth-order valence-corrected chi connectivity index (χ4v) is 3.16. The van der Waals surface area contributed by atoms with E-state index in [4.69, 9.17) is 4.43 Å². The fraction of sp³-hybridized carbons (Fsp3) is 0.636. The maximum absolute atomic E-state index is 6.10. The van der Waals surface area contributed by atoms with Gasteiger partial charge in [0, 0.05) is 0 Å². The van der Waals surface area contributed by atoms with Gasteiger partial charge < -0.3 is 4.43 Å². The normalized spacial score (nSPS) is 12.6. The van der Waals surface area contributed by atoms with Crippen molar-refractivity contribution in [1.29, 1.82) is 0 Å². The van der Waals surface area contributed by atoms with E-state index in [0.29, 0.717) is 0 Å². The molecule has 0 spiro atoms. The van der Waals surface area contributed by atoms with Gasteiger partial charge in [-0.1, -0.05) is 12.2 Å². The third-order valence-electron chi connectivity index (χ3n) is 1.70. The summed E-state index contributed by atoms with van der Waals surface area (Å²) in [6.07, 6.45) is 5.62. The van der Waals surface area contributed by atoms with Gasteiger partial charge in [0.05, 0.1) is 5.60 Å². The van der Waals surface area contributed by atoms with Gasteiger partial charge in [0.1, 0.15) is 0 Å². The average molecular weight is 198 g/mol. The molecule has 0 aliphatic heterocycles. The second-order valence-corrected chi connectivity index (χ2v) is 9.08. The van der Waals surface area contributed by atoms with Gasteiger partial charge in [-0.25, -0.2) is 0 Å². The molecule has 0 unspecified atom stereocenters. The first-order valence-corrected chi connectivity index (χ1v) is 8.16. The van der Waals surface area contributed by atoms with Crippen molar-refractivity contribution >= 4 is 8.32 Å². The molecular weight excluding hydrogens is 176 g/mol. The van der Waals surface area contributed by atoms with Crippen molar-refractivity contribution < 1.29 is 4.43 Å². The van der Waals surface area contributed by atoms with Crippen molar-refractivity contribution in [3.63, 3.8) is 0 Å². The Kier molecular flexibility index (Phi) is 4.65. The molecule has 0 bridgehead atoms. The van der Waals surface area contributed by atoms with Crippen LogP contribution in [0.1, 0.15) is 19.8 Å². The van der Waals surface area contributed by atoms with E-state index >= 15 is 0 Å². The smallest absolute Gasteiger partial charge is 0.184 e. The molecule has 0 saturated heterocycles. The number of hydrogen-bond donors (Lipinski definition) is 0. The van der Waals surface area contributed by atoms with E-state index in [1.54, 1.807) is 0 Å². The fourth-order valence-electron chi connectivity index (χ4n) is 1.52. The van der Waals surface area contributed by atoms with Crippen molar-refractivity contribution in [2.45, 2.75) is 45.0 Å². The largest absolute Gasteiger partial charge is 0.412 e. The van der Waals surface area contributed by atoms with Crippen molar-refractivity contribution in [1.82, 2.24) is 0 Å². The molecule has 2 heteroatoms. The van der Waals surface area contributed by atoms with Crippen LogP contribution in [0, 0.1) is 0 Å². The monoisotopic (exact) mass is 198 g/mol. The van der Waals surface area contributed by atoms with Crippen molar-refractivity contribution in [3.05, 3.63) is 25.3 Å². The van der Waals surface area contributed by atoms with Gasteiger partial charge in [0.15, 0.2) is 8.32 Å². The van der Waals surface area contributed by atoms with Crippen molar-refractivity contribution in [2.24, 2.45) is 0 Å². The summed E-state index contributed by atoms with van der Waals surface area (Å²) in [4.78, 5) is 0. The molecule has 0 aromatic rings. The molecule has 0 aliphatic rings. The van der Waals surface area contributed by atoms with E-state index in [9.17, 15) is 0 Å². The Morgan fingerprint density at radius 2 is 1.54 bits per heavy atom. The summed E-state index contributed by atoms with van der Waals surface area (Å²) in [5.41, 5.74) is -0.0893. The first kappa shape index (κ1) is 12.7. The zero-order valence-electron chi connectivity index (χ0n) is 9.39. The Hall–Kier alpha value is -0.343. The van der Waals surface area contributed by atoms with E-state index in [2.05, 4.69) is 39.7 Å². The van der Waals surface area contributed by atoms with Crippen LogP contribution < -0.4 is 0 Å². The molecule has 76 valence electrons. The van der Waals surface area contributed by atoms with E-state index < -0.39 is 8.32 Å². The first-order chi connectivity index (χ1) is 5.83. The lowest BCUT2D eigenvalue weighted by Gasteiger charge is -2.35. The van der Waals surface area contributed by atoms with E-state index in [1.807, 2.05) is 12.2 Å². The first-order valence-electron chi connectivity index (χ1n) is 4.75. The molecule has 13 heavy (non-hydrogen) atoms. The van der Waals surface area contributed by atoms with Gasteiger partial charge in [-0.05, 0) is 39.4 Å². The van der Waals surface area contributed by atoms with Crippen molar-refractivity contribution in [3.8, 4) is 0 Å².